The summed E-state index contributed by atoms with van der Waals surface area (Å²) >= 11 is 1.65. The number of hydrogen-bond acceptors (Lipinski definition) is 4. The molecule has 1 aliphatic rings. The highest BCUT2D eigenvalue weighted by atomic mass is 127. The van der Waals surface area contributed by atoms with Crippen LogP contribution in [0, 0.1) is 0 Å². The fourth-order valence-electron chi connectivity index (χ4n) is 2.49. The van der Waals surface area contributed by atoms with Gasteiger partial charge in [-0.3, -0.25) is 9.89 Å². The second-order valence-corrected chi connectivity index (χ2v) is 6.68. The van der Waals surface area contributed by atoms with E-state index in [0.29, 0.717) is 32.0 Å². The minimum atomic E-state index is -4.14. The second kappa shape index (κ2) is 9.76. The molecule has 1 fully saturated rings. The molecular weight excluding hydrogens is 454 g/mol. The molecule has 1 aliphatic heterocycles. The van der Waals surface area contributed by atoms with E-state index in [4.69, 9.17) is 0 Å². The monoisotopic (exact) mass is 477 g/mol. The van der Waals surface area contributed by atoms with Gasteiger partial charge in [-0.2, -0.15) is 13.2 Å². The normalized spacial score (nSPS) is 19.2. The lowest BCUT2D eigenvalue weighted by Crippen LogP contribution is -2.44. The summed E-state index contributed by atoms with van der Waals surface area (Å²) in [5.41, 5.74) is 0. The van der Waals surface area contributed by atoms with Crippen LogP contribution in [-0.4, -0.2) is 54.7 Å². The third-order valence-corrected chi connectivity index (χ3v) is 4.74. The molecule has 0 saturated carbocycles. The Bertz CT molecular complexity index is 535. The van der Waals surface area contributed by atoms with Crippen molar-refractivity contribution >= 4 is 41.3 Å². The average molecular weight is 477 g/mol. The van der Waals surface area contributed by atoms with Crippen molar-refractivity contribution < 1.29 is 13.2 Å². The smallest absolute Gasteiger partial charge is 0.352 e. The molecule has 2 rings (SSSR count). The molecule has 138 valence electrons. The van der Waals surface area contributed by atoms with Crippen LogP contribution in [0.15, 0.2) is 11.2 Å². The molecule has 1 unspecified atom stereocenters. The molecule has 2 heterocycles. The highest BCUT2D eigenvalue weighted by Gasteiger charge is 2.34. The Balaban J connectivity index is 0.00000288. The largest absolute Gasteiger partial charge is 0.401 e. The SMILES string of the molecule is CCc1cnc(CNC(=NC)NC2CCN(CC(F)(F)F)C2)s1.I. The first kappa shape index (κ1) is 21.4. The average Bonchev–Trinajstić information content (AvgIpc) is 3.10. The molecule has 0 amide bonds. The zero-order valence-corrected chi connectivity index (χ0v) is 16.8. The minimum Gasteiger partial charge on any atom is -0.352 e. The van der Waals surface area contributed by atoms with Crippen LogP contribution in [0.25, 0.3) is 0 Å². The molecule has 0 spiro atoms. The number of rotatable bonds is 5. The van der Waals surface area contributed by atoms with E-state index < -0.39 is 12.7 Å². The maximum absolute atomic E-state index is 12.4. The van der Waals surface area contributed by atoms with Crippen molar-refractivity contribution in [1.29, 1.82) is 0 Å². The third-order valence-electron chi connectivity index (χ3n) is 3.60. The van der Waals surface area contributed by atoms with E-state index in [9.17, 15) is 13.2 Å². The van der Waals surface area contributed by atoms with Crippen molar-refractivity contribution in [2.24, 2.45) is 4.99 Å². The minimum absolute atomic E-state index is 0. The van der Waals surface area contributed by atoms with Crippen LogP contribution in [0.5, 0.6) is 0 Å². The number of thiazole rings is 1. The first-order valence-electron chi connectivity index (χ1n) is 7.59. The van der Waals surface area contributed by atoms with E-state index in [2.05, 4.69) is 27.5 Å². The Hall–Kier alpha value is -0.620. The summed E-state index contributed by atoms with van der Waals surface area (Å²) in [4.78, 5) is 11.1. The molecule has 5 nitrogen and oxygen atoms in total. The van der Waals surface area contributed by atoms with Crippen LogP contribution >= 0.6 is 35.3 Å². The molecule has 24 heavy (non-hydrogen) atoms. The Morgan fingerprint density at radius 1 is 1.50 bits per heavy atom. The van der Waals surface area contributed by atoms with E-state index in [-0.39, 0.29) is 30.0 Å². The summed E-state index contributed by atoms with van der Waals surface area (Å²) in [6.45, 7) is 2.61. The molecule has 0 bridgehead atoms. The number of likely N-dealkylation sites (tertiary alicyclic amines) is 1. The van der Waals surface area contributed by atoms with Crippen LogP contribution in [0.4, 0.5) is 13.2 Å². The third kappa shape index (κ3) is 7.09. The number of guanidine groups is 1. The summed E-state index contributed by atoms with van der Waals surface area (Å²) in [5.74, 6) is 0.595. The number of aryl methyl sites for hydroxylation is 1. The summed E-state index contributed by atoms with van der Waals surface area (Å²) < 4.78 is 37.2. The Morgan fingerprint density at radius 2 is 2.25 bits per heavy atom. The van der Waals surface area contributed by atoms with Crippen LogP contribution in [0.1, 0.15) is 23.2 Å². The molecule has 2 N–H and O–H groups in total. The van der Waals surface area contributed by atoms with Gasteiger partial charge in [0.05, 0.1) is 13.1 Å². The quantitative estimate of drug-likeness (QED) is 0.389. The lowest BCUT2D eigenvalue weighted by molar-refractivity contribution is -0.143. The summed E-state index contributed by atoms with van der Waals surface area (Å²) in [6, 6.07) is -0.0222. The standard InChI is InChI=1S/C14H22F3N5S.HI/c1-3-11-6-19-12(23-11)7-20-13(18-2)21-10-4-5-22(8-10)9-14(15,16)17;/h6,10H,3-5,7-9H2,1-2H3,(H2,18,20,21);1H. The van der Waals surface area contributed by atoms with Crippen LogP contribution in [0.3, 0.4) is 0 Å². The van der Waals surface area contributed by atoms with Gasteiger partial charge in [0.1, 0.15) is 5.01 Å². The van der Waals surface area contributed by atoms with Gasteiger partial charge in [-0.25, -0.2) is 4.98 Å². The predicted molar refractivity (Wildman–Crippen MR) is 101 cm³/mol. The highest BCUT2D eigenvalue weighted by molar-refractivity contribution is 14.0. The molecule has 0 aliphatic carbocycles. The topological polar surface area (TPSA) is 52.6 Å². The van der Waals surface area contributed by atoms with Gasteiger partial charge >= 0.3 is 6.18 Å². The Kier molecular flexibility index (Phi) is 8.71. The number of hydrogen-bond donors (Lipinski definition) is 2. The molecule has 1 saturated heterocycles. The van der Waals surface area contributed by atoms with Crippen LogP contribution in [-0.2, 0) is 13.0 Å². The van der Waals surface area contributed by atoms with E-state index in [1.165, 1.54) is 9.78 Å². The Labute approximate surface area is 161 Å². The number of aliphatic imine (C=N–C) groups is 1. The van der Waals surface area contributed by atoms with E-state index in [1.54, 1.807) is 18.4 Å². The molecule has 1 aromatic rings. The zero-order chi connectivity index (χ0) is 16.9. The first-order valence-corrected chi connectivity index (χ1v) is 8.41. The maximum Gasteiger partial charge on any atom is 0.401 e. The van der Waals surface area contributed by atoms with Crippen molar-refractivity contribution in [2.75, 3.05) is 26.7 Å². The van der Waals surface area contributed by atoms with Crippen LogP contribution in [0.2, 0.25) is 0 Å². The molecule has 1 atom stereocenters. The van der Waals surface area contributed by atoms with Gasteiger partial charge in [0.25, 0.3) is 0 Å². The van der Waals surface area contributed by atoms with Crippen molar-refractivity contribution in [1.82, 2.24) is 20.5 Å². The second-order valence-electron chi connectivity index (χ2n) is 5.48. The van der Waals surface area contributed by atoms with E-state index >= 15 is 0 Å². The fraction of sp³-hybridized carbons (Fsp3) is 0.714. The predicted octanol–water partition coefficient (Wildman–Crippen LogP) is 2.63. The van der Waals surface area contributed by atoms with Crippen molar-refractivity contribution in [3.8, 4) is 0 Å². The number of nitrogens with zero attached hydrogens (tertiary/aromatic N) is 3. The highest BCUT2D eigenvalue weighted by Crippen LogP contribution is 2.20. The van der Waals surface area contributed by atoms with Gasteiger partial charge in [-0.1, -0.05) is 6.92 Å². The van der Waals surface area contributed by atoms with Gasteiger partial charge in [0, 0.05) is 37.3 Å². The number of halogens is 4. The van der Waals surface area contributed by atoms with E-state index in [0.717, 1.165) is 11.4 Å². The lowest BCUT2D eigenvalue weighted by atomic mass is 10.3. The fourth-order valence-corrected chi connectivity index (χ4v) is 3.29. The molecule has 0 aromatic carbocycles. The lowest BCUT2D eigenvalue weighted by Gasteiger charge is -2.19. The molecular formula is C14H23F3IN5S. The summed E-state index contributed by atoms with van der Waals surface area (Å²) in [5, 5.41) is 7.31. The van der Waals surface area contributed by atoms with Crippen molar-refractivity contribution in [2.45, 2.75) is 38.5 Å². The maximum atomic E-state index is 12.4. The van der Waals surface area contributed by atoms with Gasteiger partial charge in [-0.15, -0.1) is 35.3 Å². The first-order chi connectivity index (χ1) is 10.9. The molecule has 0 radical (unpaired) electrons. The molecule has 1 aromatic heterocycles. The molecule has 10 heteroatoms. The van der Waals surface area contributed by atoms with Gasteiger partial charge in [0.15, 0.2) is 5.96 Å². The summed E-state index contributed by atoms with van der Waals surface area (Å²) in [6.07, 6.45) is -0.643. The summed E-state index contributed by atoms with van der Waals surface area (Å²) in [7, 11) is 1.65. The van der Waals surface area contributed by atoms with Crippen LogP contribution < -0.4 is 10.6 Å². The number of aromatic nitrogens is 1. The van der Waals surface area contributed by atoms with Crippen molar-refractivity contribution in [3.63, 3.8) is 0 Å². The zero-order valence-electron chi connectivity index (χ0n) is 13.7. The number of nitrogens with one attached hydrogen (secondary N) is 2. The Morgan fingerprint density at radius 3 is 2.83 bits per heavy atom. The van der Waals surface area contributed by atoms with Gasteiger partial charge in [-0.05, 0) is 12.8 Å². The number of alkyl halides is 3. The van der Waals surface area contributed by atoms with E-state index in [1.807, 2.05) is 6.20 Å². The van der Waals surface area contributed by atoms with Gasteiger partial charge in [0.2, 0.25) is 0 Å². The van der Waals surface area contributed by atoms with Crippen molar-refractivity contribution in [3.05, 3.63) is 16.1 Å². The van der Waals surface area contributed by atoms with Gasteiger partial charge < -0.3 is 10.6 Å².